The molecular formula is C14H22O4. The van der Waals surface area contributed by atoms with E-state index in [9.17, 15) is 9.59 Å². The Morgan fingerprint density at radius 2 is 1.00 bits per heavy atom. The maximum Gasteiger partial charge on any atom is 0.327 e. The van der Waals surface area contributed by atoms with Crippen LogP contribution in [0.25, 0.3) is 0 Å². The lowest BCUT2D eigenvalue weighted by molar-refractivity contribution is -0.132. The normalized spacial score (nSPS) is 11.3. The van der Waals surface area contributed by atoms with E-state index in [4.69, 9.17) is 10.2 Å². The summed E-state index contributed by atoms with van der Waals surface area (Å²) in [4.78, 5) is 20.3. The number of carboxylic acids is 2. The van der Waals surface area contributed by atoms with Crippen LogP contribution >= 0.6 is 0 Å². The van der Waals surface area contributed by atoms with E-state index in [0.29, 0.717) is 0 Å². The molecule has 0 saturated heterocycles. The smallest absolute Gasteiger partial charge is 0.327 e. The van der Waals surface area contributed by atoms with Gasteiger partial charge < -0.3 is 10.2 Å². The van der Waals surface area contributed by atoms with E-state index in [1.165, 1.54) is 12.2 Å². The summed E-state index contributed by atoms with van der Waals surface area (Å²) in [6.45, 7) is 0. The summed E-state index contributed by atoms with van der Waals surface area (Å²) in [7, 11) is 0. The van der Waals surface area contributed by atoms with Gasteiger partial charge in [-0.3, -0.25) is 0 Å². The van der Waals surface area contributed by atoms with Crippen molar-refractivity contribution >= 4 is 11.9 Å². The van der Waals surface area contributed by atoms with Crippen molar-refractivity contribution in [3.8, 4) is 0 Å². The number of allylic oxidation sites excluding steroid dienone is 2. The zero-order valence-electron chi connectivity index (χ0n) is 10.7. The Hall–Kier alpha value is -1.58. The minimum atomic E-state index is -0.885. The minimum absolute atomic E-state index is 0.827. The molecule has 0 saturated carbocycles. The summed E-state index contributed by atoms with van der Waals surface area (Å²) in [6.07, 6.45) is 14.0. The van der Waals surface area contributed by atoms with Crippen LogP contribution in [0.3, 0.4) is 0 Å². The first kappa shape index (κ1) is 16.4. The Kier molecular flexibility index (Phi) is 10.8. The summed E-state index contributed by atoms with van der Waals surface area (Å²) in [5.74, 6) is -1.77. The van der Waals surface area contributed by atoms with Crippen LogP contribution in [0.1, 0.15) is 51.4 Å². The van der Waals surface area contributed by atoms with Crippen LogP contribution in [0.5, 0.6) is 0 Å². The Labute approximate surface area is 108 Å². The fourth-order valence-electron chi connectivity index (χ4n) is 1.60. The van der Waals surface area contributed by atoms with E-state index in [1.54, 1.807) is 12.2 Å². The van der Waals surface area contributed by atoms with E-state index >= 15 is 0 Å². The van der Waals surface area contributed by atoms with Crippen molar-refractivity contribution in [3.05, 3.63) is 24.3 Å². The molecule has 0 radical (unpaired) electrons. The number of unbranched alkanes of at least 4 members (excludes halogenated alkanes) is 7. The van der Waals surface area contributed by atoms with Gasteiger partial charge in [0, 0.05) is 12.2 Å². The van der Waals surface area contributed by atoms with Gasteiger partial charge in [-0.15, -0.1) is 0 Å². The van der Waals surface area contributed by atoms with Crippen molar-refractivity contribution in [1.82, 2.24) is 0 Å². The third-order valence-corrected chi connectivity index (χ3v) is 2.51. The molecule has 0 bridgehead atoms. The van der Waals surface area contributed by atoms with Crippen LogP contribution < -0.4 is 0 Å². The molecule has 0 aliphatic carbocycles. The lowest BCUT2D eigenvalue weighted by Crippen LogP contribution is -1.86. The molecule has 18 heavy (non-hydrogen) atoms. The molecule has 4 heteroatoms. The van der Waals surface area contributed by atoms with Crippen molar-refractivity contribution < 1.29 is 19.8 Å². The highest BCUT2D eigenvalue weighted by atomic mass is 16.4. The fourth-order valence-corrected chi connectivity index (χ4v) is 1.60. The molecule has 0 spiro atoms. The Morgan fingerprint density at radius 1 is 0.667 bits per heavy atom. The molecule has 0 aliphatic heterocycles. The maximum absolute atomic E-state index is 10.2. The third-order valence-electron chi connectivity index (χ3n) is 2.51. The summed E-state index contributed by atoms with van der Waals surface area (Å²) in [5.41, 5.74) is 0. The third kappa shape index (κ3) is 14.4. The second kappa shape index (κ2) is 11.9. The molecule has 0 heterocycles. The van der Waals surface area contributed by atoms with Gasteiger partial charge in [-0.05, 0) is 25.7 Å². The van der Waals surface area contributed by atoms with Gasteiger partial charge in [0.15, 0.2) is 0 Å². The second-order valence-corrected chi connectivity index (χ2v) is 4.18. The van der Waals surface area contributed by atoms with Gasteiger partial charge >= 0.3 is 11.9 Å². The number of carbonyl (C=O) groups is 2. The van der Waals surface area contributed by atoms with Crippen molar-refractivity contribution in [1.29, 1.82) is 0 Å². The predicted octanol–water partition coefficient (Wildman–Crippen LogP) is 3.39. The minimum Gasteiger partial charge on any atom is -0.478 e. The molecule has 0 unspecified atom stereocenters. The number of hydrogen-bond donors (Lipinski definition) is 2. The first-order chi connectivity index (χ1) is 8.63. The first-order valence-corrected chi connectivity index (χ1v) is 6.42. The zero-order chi connectivity index (χ0) is 13.6. The van der Waals surface area contributed by atoms with Gasteiger partial charge in [-0.1, -0.05) is 37.8 Å². The van der Waals surface area contributed by atoms with Crippen molar-refractivity contribution in [3.63, 3.8) is 0 Å². The van der Waals surface area contributed by atoms with Gasteiger partial charge in [0.1, 0.15) is 0 Å². The summed E-state index contributed by atoms with van der Waals surface area (Å²) < 4.78 is 0. The van der Waals surface area contributed by atoms with Gasteiger partial charge in [0.2, 0.25) is 0 Å². The average molecular weight is 254 g/mol. The van der Waals surface area contributed by atoms with Crippen molar-refractivity contribution in [2.24, 2.45) is 0 Å². The fraction of sp³-hybridized carbons (Fsp3) is 0.571. The lowest BCUT2D eigenvalue weighted by Gasteiger charge is -1.98. The topological polar surface area (TPSA) is 74.6 Å². The van der Waals surface area contributed by atoms with Gasteiger partial charge in [0.05, 0.1) is 0 Å². The molecule has 0 aromatic rings. The van der Waals surface area contributed by atoms with Crippen LogP contribution in [0, 0.1) is 0 Å². The monoisotopic (exact) mass is 254 g/mol. The largest absolute Gasteiger partial charge is 0.478 e. The molecule has 0 aromatic carbocycles. The summed E-state index contributed by atoms with van der Waals surface area (Å²) in [6, 6.07) is 0. The van der Waals surface area contributed by atoms with E-state index in [1.807, 2.05) is 0 Å². The molecule has 0 rings (SSSR count). The number of rotatable bonds is 11. The lowest BCUT2D eigenvalue weighted by atomic mass is 10.1. The highest BCUT2D eigenvalue weighted by Gasteiger charge is 1.91. The van der Waals surface area contributed by atoms with Crippen LogP contribution in [0.4, 0.5) is 0 Å². The van der Waals surface area contributed by atoms with E-state index in [-0.39, 0.29) is 0 Å². The van der Waals surface area contributed by atoms with Gasteiger partial charge in [0.25, 0.3) is 0 Å². The SMILES string of the molecule is O=C(O)C=CCCCCCCCCC=CC(=O)O. The Balaban J connectivity index is 3.17. The predicted molar refractivity (Wildman–Crippen MR) is 70.5 cm³/mol. The quantitative estimate of drug-likeness (QED) is 0.438. The number of hydrogen-bond acceptors (Lipinski definition) is 2. The molecule has 0 aliphatic rings. The molecule has 102 valence electrons. The van der Waals surface area contributed by atoms with Crippen LogP contribution in [-0.4, -0.2) is 22.2 Å². The maximum atomic E-state index is 10.2. The first-order valence-electron chi connectivity index (χ1n) is 6.42. The van der Waals surface area contributed by atoms with Crippen LogP contribution in [0.15, 0.2) is 24.3 Å². The number of aliphatic carboxylic acids is 2. The standard InChI is InChI=1S/C14H22O4/c15-13(16)11-9-7-5-3-1-2-4-6-8-10-12-14(17)18/h9-12H,1-8H2,(H,15,16)(H,17,18). The van der Waals surface area contributed by atoms with Crippen molar-refractivity contribution in [2.45, 2.75) is 51.4 Å². The van der Waals surface area contributed by atoms with Gasteiger partial charge in [-0.25, -0.2) is 9.59 Å². The highest BCUT2D eigenvalue weighted by molar-refractivity contribution is 5.79. The molecular weight excluding hydrogens is 232 g/mol. The molecule has 4 nitrogen and oxygen atoms in total. The summed E-state index contributed by atoms with van der Waals surface area (Å²) in [5, 5.41) is 16.7. The Morgan fingerprint density at radius 3 is 1.33 bits per heavy atom. The van der Waals surface area contributed by atoms with E-state index in [0.717, 1.165) is 51.4 Å². The van der Waals surface area contributed by atoms with Crippen LogP contribution in [-0.2, 0) is 9.59 Å². The van der Waals surface area contributed by atoms with Crippen LogP contribution in [0.2, 0.25) is 0 Å². The van der Waals surface area contributed by atoms with Gasteiger partial charge in [-0.2, -0.15) is 0 Å². The number of carboxylic acid groups (broad SMARTS) is 2. The molecule has 0 aromatic heterocycles. The average Bonchev–Trinajstić information content (AvgIpc) is 2.29. The second-order valence-electron chi connectivity index (χ2n) is 4.18. The zero-order valence-corrected chi connectivity index (χ0v) is 10.7. The summed E-state index contributed by atoms with van der Waals surface area (Å²) >= 11 is 0. The highest BCUT2D eigenvalue weighted by Crippen LogP contribution is 2.09. The van der Waals surface area contributed by atoms with E-state index < -0.39 is 11.9 Å². The Bertz CT molecular complexity index is 262. The van der Waals surface area contributed by atoms with Crippen molar-refractivity contribution in [2.75, 3.05) is 0 Å². The molecule has 2 N–H and O–H groups in total. The molecule has 0 fully saturated rings. The molecule has 0 amide bonds. The van der Waals surface area contributed by atoms with E-state index in [2.05, 4.69) is 0 Å². The molecule has 0 atom stereocenters.